The van der Waals surface area contributed by atoms with E-state index in [1.54, 1.807) is 0 Å². The van der Waals surface area contributed by atoms with E-state index in [1.807, 2.05) is 43.3 Å². The Bertz CT molecular complexity index is 761. The summed E-state index contributed by atoms with van der Waals surface area (Å²) in [6, 6.07) is 15.2. The lowest BCUT2D eigenvalue weighted by Gasteiger charge is -2.36. The van der Waals surface area contributed by atoms with Gasteiger partial charge in [-0.2, -0.15) is 0 Å². The molecule has 2 amide bonds. The van der Waals surface area contributed by atoms with Crippen LogP contribution in [0.2, 0.25) is 5.02 Å². The second kappa shape index (κ2) is 10.2. The van der Waals surface area contributed by atoms with E-state index in [1.165, 1.54) is 5.69 Å². The van der Waals surface area contributed by atoms with Crippen LogP contribution in [0.15, 0.2) is 48.5 Å². The minimum absolute atomic E-state index is 0.216. The number of piperazine rings is 1. The highest BCUT2D eigenvalue weighted by Crippen LogP contribution is 2.23. The van der Waals surface area contributed by atoms with E-state index in [4.69, 9.17) is 16.3 Å². The Labute approximate surface area is 171 Å². The van der Waals surface area contributed by atoms with Crippen LogP contribution >= 0.6 is 11.6 Å². The zero-order valence-electron chi connectivity index (χ0n) is 16.2. The SMILES string of the molecule is CCOc1ccccc1NC(=O)NCCN1CCN(c2ccc(Cl)cc2)CC1. The predicted octanol–water partition coefficient (Wildman–Crippen LogP) is 3.68. The third-order valence-electron chi connectivity index (χ3n) is 4.71. The van der Waals surface area contributed by atoms with Crippen molar-refractivity contribution in [3.63, 3.8) is 0 Å². The number of nitrogens with zero attached hydrogens (tertiary/aromatic N) is 2. The molecule has 0 spiro atoms. The molecule has 0 aliphatic carbocycles. The molecule has 0 atom stereocenters. The fraction of sp³-hybridized carbons (Fsp3) is 0.381. The monoisotopic (exact) mass is 402 g/mol. The number of benzene rings is 2. The number of carbonyl (C=O) groups excluding carboxylic acids is 1. The number of anilines is 2. The summed E-state index contributed by atoms with van der Waals surface area (Å²) >= 11 is 5.96. The van der Waals surface area contributed by atoms with Gasteiger partial charge >= 0.3 is 6.03 Å². The molecule has 28 heavy (non-hydrogen) atoms. The molecule has 150 valence electrons. The maximum Gasteiger partial charge on any atom is 0.319 e. The molecule has 2 aromatic rings. The van der Waals surface area contributed by atoms with Gasteiger partial charge in [0.1, 0.15) is 5.75 Å². The van der Waals surface area contributed by atoms with E-state index in [0.717, 1.165) is 37.7 Å². The Morgan fingerprint density at radius 2 is 1.79 bits per heavy atom. The molecule has 1 saturated heterocycles. The summed E-state index contributed by atoms with van der Waals surface area (Å²) in [6.07, 6.45) is 0. The van der Waals surface area contributed by atoms with E-state index in [0.29, 0.717) is 24.6 Å². The van der Waals surface area contributed by atoms with Crippen LogP contribution in [0.25, 0.3) is 0 Å². The first kappa shape index (κ1) is 20.3. The van der Waals surface area contributed by atoms with Crippen LogP contribution in [0.4, 0.5) is 16.2 Å². The number of nitrogens with one attached hydrogen (secondary N) is 2. The third-order valence-corrected chi connectivity index (χ3v) is 4.96. The van der Waals surface area contributed by atoms with E-state index < -0.39 is 0 Å². The summed E-state index contributed by atoms with van der Waals surface area (Å²) in [7, 11) is 0. The van der Waals surface area contributed by atoms with E-state index in [-0.39, 0.29) is 6.03 Å². The van der Waals surface area contributed by atoms with Crippen molar-refractivity contribution in [3.05, 3.63) is 53.6 Å². The van der Waals surface area contributed by atoms with Crippen LogP contribution in [-0.2, 0) is 0 Å². The Morgan fingerprint density at radius 1 is 1.07 bits per heavy atom. The van der Waals surface area contributed by atoms with Crippen LogP contribution in [0, 0.1) is 0 Å². The van der Waals surface area contributed by atoms with E-state index in [2.05, 4.69) is 32.6 Å². The highest BCUT2D eigenvalue weighted by molar-refractivity contribution is 6.30. The molecular weight excluding hydrogens is 376 g/mol. The molecular formula is C21H27ClN4O2. The maximum absolute atomic E-state index is 12.2. The van der Waals surface area contributed by atoms with Gasteiger partial charge in [-0.1, -0.05) is 23.7 Å². The van der Waals surface area contributed by atoms with Crippen LogP contribution in [0.3, 0.4) is 0 Å². The Kier molecular flexibility index (Phi) is 7.39. The van der Waals surface area contributed by atoms with Crippen LogP contribution < -0.4 is 20.3 Å². The van der Waals surface area contributed by atoms with Crippen molar-refractivity contribution in [2.75, 3.05) is 56.1 Å². The molecule has 0 bridgehead atoms. The fourth-order valence-corrected chi connectivity index (χ4v) is 3.35. The zero-order chi connectivity index (χ0) is 19.8. The van der Waals surface area contributed by atoms with Gasteiger partial charge < -0.3 is 20.3 Å². The Balaban J connectivity index is 1.38. The number of carbonyl (C=O) groups is 1. The van der Waals surface area contributed by atoms with Crippen molar-refractivity contribution in [1.82, 2.24) is 10.2 Å². The molecule has 2 N–H and O–H groups in total. The number of para-hydroxylation sites is 2. The summed E-state index contributed by atoms with van der Waals surface area (Å²) in [4.78, 5) is 16.9. The Morgan fingerprint density at radius 3 is 2.50 bits per heavy atom. The van der Waals surface area contributed by atoms with Crippen LogP contribution in [0.1, 0.15) is 6.92 Å². The highest BCUT2D eigenvalue weighted by Gasteiger charge is 2.17. The number of urea groups is 1. The lowest BCUT2D eigenvalue weighted by molar-refractivity contribution is 0.240. The molecule has 2 aromatic carbocycles. The highest BCUT2D eigenvalue weighted by atomic mass is 35.5. The lowest BCUT2D eigenvalue weighted by Crippen LogP contribution is -2.48. The van der Waals surface area contributed by atoms with Crippen molar-refractivity contribution in [2.45, 2.75) is 6.92 Å². The summed E-state index contributed by atoms with van der Waals surface area (Å²) in [5.41, 5.74) is 1.88. The van der Waals surface area contributed by atoms with Gasteiger partial charge in [0, 0.05) is 50.0 Å². The molecule has 0 radical (unpaired) electrons. The second-order valence-corrected chi connectivity index (χ2v) is 7.05. The van der Waals surface area contributed by atoms with Crippen LogP contribution in [0.5, 0.6) is 5.75 Å². The van der Waals surface area contributed by atoms with Crippen molar-refractivity contribution >= 4 is 29.0 Å². The standard InChI is InChI=1S/C21H27ClN4O2/c1-2-28-20-6-4-3-5-19(20)24-21(27)23-11-12-25-13-15-26(16-14-25)18-9-7-17(22)8-10-18/h3-10H,2,11-16H2,1H3,(H2,23,24,27). The normalized spacial score (nSPS) is 14.6. The fourth-order valence-electron chi connectivity index (χ4n) is 3.23. The quantitative estimate of drug-likeness (QED) is 0.741. The minimum atomic E-state index is -0.216. The van der Waals surface area contributed by atoms with Crippen molar-refractivity contribution < 1.29 is 9.53 Å². The van der Waals surface area contributed by atoms with Crippen LogP contribution in [-0.4, -0.2) is 56.8 Å². The lowest BCUT2D eigenvalue weighted by atomic mass is 10.2. The van der Waals surface area contributed by atoms with Gasteiger partial charge in [0.15, 0.2) is 0 Å². The summed E-state index contributed by atoms with van der Waals surface area (Å²) in [5.74, 6) is 0.679. The largest absolute Gasteiger partial charge is 0.492 e. The molecule has 1 heterocycles. The number of hydrogen-bond donors (Lipinski definition) is 2. The van der Waals surface area contributed by atoms with Gasteiger partial charge in [-0.25, -0.2) is 4.79 Å². The smallest absolute Gasteiger partial charge is 0.319 e. The second-order valence-electron chi connectivity index (χ2n) is 6.62. The van der Waals surface area contributed by atoms with E-state index in [9.17, 15) is 4.79 Å². The zero-order valence-corrected chi connectivity index (χ0v) is 16.9. The van der Waals surface area contributed by atoms with Gasteiger partial charge in [0.05, 0.1) is 12.3 Å². The summed E-state index contributed by atoms with van der Waals surface area (Å²) in [5, 5.41) is 6.53. The molecule has 0 aromatic heterocycles. The topological polar surface area (TPSA) is 56.8 Å². The molecule has 3 rings (SSSR count). The van der Waals surface area contributed by atoms with Gasteiger partial charge in [0.2, 0.25) is 0 Å². The molecule has 0 saturated carbocycles. The van der Waals surface area contributed by atoms with Gasteiger partial charge in [-0.3, -0.25) is 4.90 Å². The summed E-state index contributed by atoms with van der Waals surface area (Å²) < 4.78 is 5.53. The van der Waals surface area contributed by atoms with Crippen molar-refractivity contribution in [3.8, 4) is 5.75 Å². The number of hydrogen-bond acceptors (Lipinski definition) is 4. The van der Waals surface area contributed by atoms with Gasteiger partial charge in [-0.15, -0.1) is 0 Å². The Hall–Kier alpha value is -2.44. The van der Waals surface area contributed by atoms with Crippen molar-refractivity contribution in [1.29, 1.82) is 0 Å². The first-order valence-corrected chi connectivity index (χ1v) is 10.0. The average Bonchev–Trinajstić information content (AvgIpc) is 2.71. The van der Waals surface area contributed by atoms with Gasteiger partial charge in [0.25, 0.3) is 0 Å². The molecule has 1 aliphatic rings. The number of amides is 2. The minimum Gasteiger partial charge on any atom is -0.492 e. The van der Waals surface area contributed by atoms with Crippen molar-refractivity contribution in [2.24, 2.45) is 0 Å². The molecule has 0 unspecified atom stereocenters. The van der Waals surface area contributed by atoms with E-state index >= 15 is 0 Å². The van der Waals surface area contributed by atoms with Gasteiger partial charge in [-0.05, 0) is 43.3 Å². The molecule has 7 heteroatoms. The number of halogens is 1. The first-order chi connectivity index (χ1) is 13.7. The third kappa shape index (κ3) is 5.78. The number of rotatable bonds is 7. The molecule has 1 aliphatic heterocycles. The number of ether oxygens (including phenoxy) is 1. The first-order valence-electron chi connectivity index (χ1n) is 9.65. The average molecular weight is 403 g/mol. The predicted molar refractivity (Wildman–Crippen MR) is 115 cm³/mol. The maximum atomic E-state index is 12.2. The molecule has 6 nitrogen and oxygen atoms in total. The molecule has 1 fully saturated rings. The summed E-state index contributed by atoms with van der Waals surface area (Å²) in [6.45, 7) is 7.79.